The Kier molecular flexibility index (Phi) is 3.15. The summed E-state index contributed by atoms with van der Waals surface area (Å²) in [6.07, 6.45) is 6.69. The van der Waals surface area contributed by atoms with Crippen LogP contribution in [0.1, 0.15) is 11.3 Å². The molecule has 0 radical (unpaired) electrons. The van der Waals surface area contributed by atoms with Crippen LogP contribution in [0.15, 0.2) is 18.6 Å². The molecule has 2 rings (SSSR count). The molecule has 0 fully saturated rings. The average molecular weight is 270 g/mol. The lowest BCUT2D eigenvalue weighted by molar-refractivity contribution is 0.648. The number of aromatic nitrogens is 5. The van der Waals surface area contributed by atoms with Crippen molar-refractivity contribution in [1.29, 1.82) is 0 Å². The number of halogens is 1. The van der Waals surface area contributed by atoms with Gasteiger partial charge < -0.3 is 0 Å². The van der Waals surface area contributed by atoms with Gasteiger partial charge in [0.1, 0.15) is 0 Å². The van der Waals surface area contributed by atoms with E-state index in [2.05, 4.69) is 31.3 Å². The summed E-state index contributed by atoms with van der Waals surface area (Å²) in [4.78, 5) is 0. The molecule has 0 aliphatic carbocycles. The normalized spacial score (nSPS) is 10.8. The summed E-state index contributed by atoms with van der Waals surface area (Å²) in [6.45, 7) is 0.725. The SMILES string of the molecule is Cn1cc(Cn2cc(CCBr)nn2)cn1. The maximum atomic E-state index is 4.10. The first-order valence-corrected chi connectivity index (χ1v) is 5.82. The quantitative estimate of drug-likeness (QED) is 0.779. The van der Waals surface area contributed by atoms with Gasteiger partial charge in [0.15, 0.2) is 0 Å². The molecule has 0 atom stereocenters. The van der Waals surface area contributed by atoms with E-state index in [0.29, 0.717) is 0 Å². The summed E-state index contributed by atoms with van der Waals surface area (Å²) in [6, 6.07) is 0. The molecule has 0 spiro atoms. The van der Waals surface area contributed by atoms with E-state index in [1.54, 1.807) is 4.68 Å². The van der Waals surface area contributed by atoms with Crippen molar-refractivity contribution >= 4 is 15.9 Å². The van der Waals surface area contributed by atoms with Crippen LogP contribution in [0, 0.1) is 0 Å². The van der Waals surface area contributed by atoms with Gasteiger partial charge >= 0.3 is 0 Å². The van der Waals surface area contributed by atoms with Gasteiger partial charge in [-0.3, -0.25) is 4.68 Å². The molecule has 0 aromatic carbocycles. The Bertz CT molecular complexity index is 433. The fraction of sp³-hybridized carbons (Fsp3) is 0.444. The molecule has 15 heavy (non-hydrogen) atoms. The molecule has 2 aromatic heterocycles. The molecule has 0 N–H and O–H groups in total. The number of nitrogens with zero attached hydrogens (tertiary/aromatic N) is 5. The van der Waals surface area contributed by atoms with Gasteiger partial charge in [0.2, 0.25) is 0 Å². The van der Waals surface area contributed by atoms with Crippen LogP contribution >= 0.6 is 15.9 Å². The monoisotopic (exact) mass is 269 g/mol. The van der Waals surface area contributed by atoms with Crippen molar-refractivity contribution in [3.8, 4) is 0 Å². The maximum Gasteiger partial charge on any atom is 0.0835 e. The highest BCUT2D eigenvalue weighted by molar-refractivity contribution is 9.09. The van der Waals surface area contributed by atoms with Crippen LogP contribution in [0.2, 0.25) is 0 Å². The van der Waals surface area contributed by atoms with Crippen LogP contribution in [0.5, 0.6) is 0 Å². The first kappa shape index (κ1) is 10.4. The summed E-state index contributed by atoms with van der Waals surface area (Å²) in [5.74, 6) is 0. The zero-order valence-corrected chi connectivity index (χ0v) is 10.1. The van der Waals surface area contributed by atoms with Gasteiger partial charge in [0, 0.05) is 36.8 Å². The van der Waals surface area contributed by atoms with Crippen molar-refractivity contribution in [2.24, 2.45) is 7.05 Å². The molecule has 0 aliphatic rings. The van der Waals surface area contributed by atoms with Gasteiger partial charge in [-0.2, -0.15) is 5.10 Å². The highest BCUT2D eigenvalue weighted by Crippen LogP contribution is 2.02. The highest BCUT2D eigenvalue weighted by atomic mass is 79.9. The minimum Gasteiger partial charge on any atom is -0.275 e. The zero-order chi connectivity index (χ0) is 10.7. The van der Waals surface area contributed by atoms with E-state index < -0.39 is 0 Å². The molecular formula is C9H12BrN5. The summed E-state index contributed by atoms with van der Waals surface area (Å²) >= 11 is 3.38. The van der Waals surface area contributed by atoms with Crippen LogP contribution in [-0.4, -0.2) is 30.1 Å². The van der Waals surface area contributed by atoms with Crippen LogP contribution in [0.3, 0.4) is 0 Å². The Labute approximate surface area is 96.2 Å². The van der Waals surface area contributed by atoms with E-state index in [-0.39, 0.29) is 0 Å². The van der Waals surface area contributed by atoms with E-state index in [4.69, 9.17) is 0 Å². The molecule has 6 heteroatoms. The van der Waals surface area contributed by atoms with Crippen LogP contribution < -0.4 is 0 Å². The Hall–Kier alpha value is -1.17. The van der Waals surface area contributed by atoms with Gasteiger partial charge in [-0.25, -0.2) is 4.68 Å². The molecule has 0 aliphatic heterocycles. The van der Waals surface area contributed by atoms with E-state index in [1.165, 1.54) is 0 Å². The second kappa shape index (κ2) is 4.57. The lowest BCUT2D eigenvalue weighted by atomic mass is 10.3. The smallest absolute Gasteiger partial charge is 0.0835 e. The van der Waals surface area contributed by atoms with E-state index in [1.807, 2.05) is 30.3 Å². The standard InChI is InChI=1S/C9H12BrN5/c1-14-5-8(4-11-14)6-15-7-9(2-3-10)12-13-15/h4-5,7H,2-3,6H2,1H3. The van der Waals surface area contributed by atoms with Gasteiger partial charge in [-0.1, -0.05) is 21.1 Å². The molecule has 0 amide bonds. The summed E-state index contributed by atoms with van der Waals surface area (Å²) in [5, 5.41) is 13.1. The van der Waals surface area contributed by atoms with Crippen LogP contribution in [0.25, 0.3) is 0 Å². The fourth-order valence-electron chi connectivity index (χ4n) is 1.37. The minimum absolute atomic E-state index is 0.725. The molecule has 80 valence electrons. The lowest BCUT2D eigenvalue weighted by Gasteiger charge is -1.94. The van der Waals surface area contributed by atoms with Crippen molar-refractivity contribution in [2.75, 3.05) is 5.33 Å². The summed E-state index contributed by atoms with van der Waals surface area (Å²) in [7, 11) is 1.90. The molecule has 5 nitrogen and oxygen atoms in total. The third kappa shape index (κ3) is 2.65. The number of hydrogen-bond acceptors (Lipinski definition) is 3. The molecule has 0 unspecified atom stereocenters. The van der Waals surface area contributed by atoms with Crippen molar-refractivity contribution in [1.82, 2.24) is 24.8 Å². The van der Waals surface area contributed by atoms with E-state index in [9.17, 15) is 0 Å². The zero-order valence-electron chi connectivity index (χ0n) is 8.47. The first-order valence-electron chi connectivity index (χ1n) is 4.70. The third-order valence-corrected chi connectivity index (χ3v) is 2.44. The molecule has 2 heterocycles. The second-order valence-corrected chi connectivity index (χ2v) is 4.16. The lowest BCUT2D eigenvalue weighted by Crippen LogP contribution is -1.99. The van der Waals surface area contributed by atoms with Crippen molar-refractivity contribution in [3.63, 3.8) is 0 Å². The summed E-state index contributed by atoms with van der Waals surface area (Å²) in [5.41, 5.74) is 2.14. The van der Waals surface area contributed by atoms with Gasteiger partial charge in [-0.05, 0) is 0 Å². The highest BCUT2D eigenvalue weighted by Gasteiger charge is 2.02. The van der Waals surface area contributed by atoms with Crippen LogP contribution in [0.4, 0.5) is 0 Å². The Balaban J connectivity index is 2.04. The van der Waals surface area contributed by atoms with E-state index in [0.717, 1.165) is 29.6 Å². The number of rotatable bonds is 4. The topological polar surface area (TPSA) is 48.5 Å². The number of aryl methyl sites for hydroxylation is 2. The van der Waals surface area contributed by atoms with Gasteiger partial charge in [0.25, 0.3) is 0 Å². The Morgan fingerprint density at radius 3 is 2.93 bits per heavy atom. The van der Waals surface area contributed by atoms with Crippen LogP contribution in [-0.2, 0) is 20.0 Å². The first-order chi connectivity index (χ1) is 7.28. The predicted molar refractivity (Wildman–Crippen MR) is 59.8 cm³/mol. The minimum atomic E-state index is 0.725. The Morgan fingerprint density at radius 1 is 1.40 bits per heavy atom. The summed E-state index contributed by atoms with van der Waals surface area (Å²) < 4.78 is 3.61. The third-order valence-electron chi connectivity index (χ3n) is 2.04. The average Bonchev–Trinajstić information content (AvgIpc) is 2.78. The van der Waals surface area contributed by atoms with Crippen molar-refractivity contribution < 1.29 is 0 Å². The van der Waals surface area contributed by atoms with Gasteiger partial charge in [0.05, 0.1) is 18.4 Å². The number of hydrogen-bond donors (Lipinski definition) is 0. The molecule has 0 saturated carbocycles. The second-order valence-electron chi connectivity index (χ2n) is 3.37. The fourth-order valence-corrected chi connectivity index (χ4v) is 1.77. The van der Waals surface area contributed by atoms with Crippen molar-refractivity contribution in [2.45, 2.75) is 13.0 Å². The predicted octanol–water partition coefficient (Wildman–Crippen LogP) is 0.997. The van der Waals surface area contributed by atoms with Gasteiger partial charge in [-0.15, -0.1) is 5.10 Å². The van der Waals surface area contributed by atoms with E-state index >= 15 is 0 Å². The number of alkyl halides is 1. The molecule has 0 bridgehead atoms. The largest absolute Gasteiger partial charge is 0.275 e. The molecular weight excluding hydrogens is 258 g/mol. The molecule has 0 saturated heterocycles. The Morgan fingerprint density at radius 2 is 2.27 bits per heavy atom. The maximum absolute atomic E-state index is 4.10. The van der Waals surface area contributed by atoms with Crippen molar-refractivity contribution in [3.05, 3.63) is 29.8 Å². The molecule has 2 aromatic rings.